The number of pyridine rings is 2. The van der Waals surface area contributed by atoms with Gasteiger partial charge in [0.2, 0.25) is 5.88 Å². The Kier molecular flexibility index (Phi) is 5.57. The smallest absolute Gasteiger partial charge is 0.333 e. The number of hydrogen-bond acceptors (Lipinski definition) is 6. The molecule has 1 aliphatic heterocycles. The molecule has 10 heteroatoms. The van der Waals surface area contributed by atoms with Crippen LogP contribution >= 0.6 is 0 Å². The van der Waals surface area contributed by atoms with Gasteiger partial charge in [0.15, 0.2) is 17.3 Å². The van der Waals surface area contributed by atoms with Gasteiger partial charge < -0.3 is 15.2 Å². The van der Waals surface area contributed by atoms with Gasteiger partial charge in [-0.3, -0.25) is 9.78 Å². The summed E-state index contributed by atoms with van der Waals surface area (Å²) in [6.45, 7) is 4.61. The van der Waals surface area contributed by atoms with E-state index in [1.165, 1.54) is 6.20 Å². The van der Waals surface area contributed by atoms with Crippen molar-refractivity contribution in [3.8, 4) is 17.4 Å². The molecule has 3 aromatic heterocycles. The molecule has 0 saturated carbocycles. The third-order valence-electron chi connectivity index (χ3n) is 3.97. The molecular weight excluding hydrogens is 369 g/mol. The van der Waals surface area contributed by atoms with Crippen LogP contribution in [-0.2, 0) is 0 Å². The first-order valence-corrected chi connectivity index (χ1v) is 8.92. The average Bonchev–Trinajstić information content (AvgIpc) is 3.02. The van der Waals surface area contributed by atoms with Gasteiger partial charge in [0.05, 0.1) is 13.2 Å². The van der Waals surface area contributed by atoms with Gasteiger partial charge in [0.25, 0.3) is 5.91 Å². The number of primary amides is 1. The first kappa shape index (κ1) is 19.3. The number of nitrogens with zero attached hydrogens (tertiary/aromatic N) is 3. The van der Waals surface area contributed by atoms with Crippen LogP contribution in [0.5, 0.6) is 11.6 Å². The third-order valence-corrected chi connectivity index (χ3v) is 3.97. The number of aromatic amines is 1. The van der Waals surface area contributed by atoms with Crippen molar-refractivity contribution in [2.45, 2.75) is 26.7 Å². The molecule has 0 fully saturated rings. The predicted molar refractivity (Wildman–Crippen MR) is 99.5 cm³/mol. The van der Waals surface area contributed by atoms with Crippen LogP contribution in [0.25, 0.3) is 17.0 Å². The minimum absolute atomic E-state index is 0.123. The monoisotopic (exact) mass is 389 g/mol. The van der Waals surface area contributed by atoms with E-state index >= 15 is 0 Å². The lowest BCUT2D eigenvalue weighted by molar-refractivity contribution is 0.0994. The van der Waals surface area contributed by atoms with Gasteiger partial charge in [-0.15, -0.1) is 0 Å². The maximum absolute atomic E-state index is 14.7. The second-order valence-electron chi connectivity index (χ2n) is 5.69. The topological polar surface area (TPSA) is 125 Å². The van der Waals surface area contributed by atoms with Gasteiger partial charge in [-0.1, -0.05) is 13.8 Å². The normalized spacial score (nSPS) is 13.2. The SMILES string of the molecule is CC.NC(=O)c1cc(F)c2nc1OCCCCOc1ccnc3[nH]c(=O)n-2c13. The number of hydrogen-bond donors (Lipinski definition) is 2. The number of nitrogens with one attached hydrogen (secondary N) is 1. The number of halogens is 1. The predicted octanol–water partition coefficient (Wildman–Crippen LogP) is 1.92. The summed E-state index contributed by atoms with van der Waals surface area (Å²) in [5, 5.41) is 0. The van der Waals surface area contributed by atoms with E-state index in [0.717, 1.165) is 10.6 Å². The molecule has 0 radical (unpaired) electrons. The minimum atomic E-state index is -0.902. The van der Waals surface area contributed by atoms with Gasteiger partial charge in [-0.2, -0.15) is 4.98 Å². The van der Waals surface area contributed by atoms with Gasteiger partial charge in [-0.25, -0.2) is 18.7 Å². The summed E-state index contributed by atoms with van der Waals surface area (Å²) in [5.74, 6) is -1.86. The van der Waals surface area contributed by atoms with Crippen molar-refractivity contribution in [1.82, 2.24) is 19.5 Å². The lowest BCUT2D eigenvalue weighted by Gasteiger charge is -2.14. The van der Waals surface area contributed by atoms with Crippen LogP contribution in [0, 0.1) is 5.82 Å². The zero-order valence-corrected chi connectivity index (χ0v) is 15.5. The molecule has 1 amide bonds. The Morgan fingerprint density at radius 1 is 1.29 bits per heavy atom. The molecule has 148 valence electrons. The summed E-state index contributed by atoms with van der Waals surface area (Å²) >= 11 is 0. The molecule has 28 heavy (non-hydrogen) atoms. The van der Waals surface area contributed by atoms with Crippen molar-refractivity contribution < 1.29 is 18.7 Å². The van der Waals surface area contributed by atoms with Gasteiger partial charge in [0, 0.05) is 12.3 Å². The molecule has 0 atom stereocenters. The maximum Gasteiger partial charge on any atom is 0.333 e. The molecular formula is C18H20FN5O4. The largest absolute Gasteiger partial charge is 0.491 e. The van der Waals surface area contributed by atoms with Crippen LogP contribution in [-0.4, -0.2) is 38.6 Å². The van der Waals surface area contributed by atoms with Crippen LogP contribution in [0.2, 0.25) is 0 Å². The van der Waals surface area contributed by atoms with Crippen molar-refractivity contribution in [2.24, 2.45) is 5.73 Å². The van der Waals surface area contributed by atoms with E-state index in [1.54, 1.807) is 6.07 Å². The fourth-order valence-electron chi connectivity index (χ4n) is 2.78. The lowest BCUT2D eigenvalue weighted by Crippen LogP contribution is -2.21. The summed E-state index contributed by atoms with van der Waals surface area (Å²) in [6.07, 6.45) is 2.78. The van der Waals surface area contributed by atoms with Crippen molar-refractivity contribution in [3.05, 3.63) is 40.2 Å². The third kappa shape index (κ3) is 3.40. The Morgan fingerprint density at radius 3 is 2.71 bits per heavy atom. The number of ether oxygens (including phenoxy) is 2. The zero-order chi connectivity index (χ0) is 20.3. The Labute approximate surface area is 159 Å². The second kappa shape index (κ2) is 8.07. The molecule has 2 bridgehead atoms. The molecule has 3 N–H and O–H groups in total. The van der Waals surface area contributed by atoms with Gasteiger partial charge in [0.1, 0.15) is 16.8 Å². The highest BCUT2D eigenvalue weighted by Gasteiger charge is 2.23. The number of amides is 1. The van der Waals surface area contributed by atoms with Crippen LogP contribution in [0.15, 0.2) is 23.1 Å². The molecule has 0 aliphatic carbocycles. The van der Waals surface area contributed by atoms with Crippen LogP contribution in [0.4, 0.5) is 4.39 Å². The zero-order valence-electron chi connectivity index (χ0n) is 15.5. The van der Waals surface area contributed by atoms with Crippen molar-refractivity contribution in [1.29, 1.82) is 0 Å². The number of nitrogens with two attached hydrogens (primary N) is 1. The Bertz CT molecular complexity index is 1080. The average molecular weight is 389 g/mol. The van der Waals surface area contributed by atoms with E-state index in [2.05, 4.69) is 15.0 Å². The van der Waals surface area contributed by atoms with Crippen LogP contribution in [0.3, 0.4) is 0 Å². The summed E-state index contributed by atoms with van der Waals surface area (Å²) in [5.41, 5.74) is 4.93. The molecule has 4 heterocycles. The van der Waals surface area contributed by atoms with E-state index in [9.17, 15) is 14.0 Å². The highest BCUT2D eigenvalue weighted by molar-refractivity contribution is 5.95. The minimum Gasteiger partial charge on any atom is -0.491 e. The van der Waals surface area contributed by atoms with E-state index < -0.39 is 17.4 Å². The maximum atomic E-state index is 14.7. The molecule has 0 unspecified atom stereocenters. The molecule has 0 saturated heterocycles. The molecule has 3 aromatic rings. The first-order chi connectivity index (χ1) is 13.6. The number of carbonyl (C=O) groups is 1. The summed E-state index contributed by atoms with van der Waals surface area (Å²) in [4.78, 5) is 34.7. The Balaban J connectivity index is 0.00000109. The fraction of sp³-hybridized carbons (Fsp3) is 0.333. The van der Waals surface area contributed by atoms with E-state index in [-0.39, 0.29) is 35.0 Å². The number of carbonyl (C=O) groups excluding carboxylic acids is 1. The highest BCUT2D eigenvalue weighted by atomic mass is 19.1. The van der Waals surface area contributed by atoms with Crippen LogP contribution < -0.4 is 20.9 Å². The number of rotatable bonds is 1. The number of imidazole rings is 1. The molecule has 1 aliphatic rings. The quantitative estimate of drug-likeness (QED) is 0.655. The fourth-order valence-corrected chi connectivity index (χ4v) is 2.78. The summed E-state index contributed by atoms with van der Waals surface area (Å²) < 4.78 is 26.9. The highest BCUT2D eigenvalue weighted by Crippen LogP contribution is 2.28. The second-order valence-corrected chi connectivity index (χ2v) is 5.69. The van der Waals surface area contributed by atoms with Crippen molar-refractivity contribution in [3.63, 3.8) is 0 Å². The number of H-pyrrole nitrogens is 1. The van der Waals surface area contributed by atoms with Crippen LogP contribution in [0.1, 0.15) is 37.0 Å². The summed E-state index contributed by atoms with van der Waals surface area (Å²) in [7, 11) is 0. The number of fused-ring (bicyclic) bond motifs is 3. The van der Waals surface area contributed by atoms with E-state index in [1.807, 2.05) is 13.8 Å². The van der Waals surface area contributed by atoms with Gasteiger partial charge in [-0.05, 0) is 18.9 Å². The molecule has 0 spiro atoms. The molecule has 4 rings (SSSR count). The Morgan fingerprint density at radius 2 is 2.00 bits per heavy atom. The lowest BCUT2D eigenvalue weighted by atomic mass is 10.2. The molecule has 9 nitrogen and oxygen atoms in total. The first-order valence-electron chi connectivity index (χ1n) is 8.92. The molecule has 0 aromatic carbocycles. The number of aromatic nitrogens is 4. The van der Waals surface area contributed by atoms with E-state index in [4.69, 9.17) is 15.2 Å². The summed E-state index contributed by atoms with van der Waals surface area (Å²) in [6, 6.07) is 2.50. The van der Waals surface area contributed by atoms with E-state index in [0.29, 0.717) is 25.2 Å². The standard InChI is InChI=1S/C16H14FN5O4.C2H6/c17-9-7-8(12(18)23)15-21-14(9)22-11-10(25-5-1-2-6-26-15)3-4-19-13(11)20-16(22)24;1-2/h3-4,7H,1-2,5-6H2,(H2,18,23)(H,19,20,24);1-2H3. The Hall–Kier alpha value is -3.43. The van der Waals surface area contributed by atoms with Crippen molar-refractivity contribution >= 4 is 17.1 Å². The van der Waals surface area contributed by atoms with Crippen molar-refractivity contribution in [2.75, 3.05) is 13.2 Å². The van der Waals surface area contributed by atoms with Gasteiger partial charge >= 0.3 is 5.69 Å².